The van der Waals surface area contributed by atoms with Gasteiger partial charge in [-0.1, -0.05) is 27.5 Å². The van der Waals surface area contributed by atoms with Crippen LogP contribution in [0.2, 0.25) is 5.02 Å². The molecule has 0 N–H and O–H groups in total. The summed E-state index contributed by atoms with van der Waals surface area (Å²) < 4.78 is 34.5. The predicted molar refractivity (Wildman–Crippen MR) is 94.5 cm³/mol. The topological polar surface area (TPSA) is 69.7 Å². The lowest BCUT2D eigenvalue weighted by molar-refractivity contribution is 0.0450. The highest BCUT2D eigenvalue weighted by Gasteiger charge is 2.16. The summed E-state index contributed by atoms with van der Waals surface area (Å²) in [5.41, 5.74) is 0.00299. The van der Waals surface area contributed by atoms with Gasteiger partial charge in [0, 0.05) is 10.7 Å². The van der Waals surface area contributed by atoms with Gasteiger partial charge in [-0.3, -0.25) is 0 Å². The molecule has 2 rings (SSSR count). The zero-order valence-corrected chi connectivity index (χ0v) is 15.8. The molecule has 0 fully saturated rings. The van der Waals surface area contributed by atoms with Crippen LogP contribution >= 0.6 is 27.5 Å². The molecule has 8 heteroatoms. The highest BCUT2D eigenvalue weighted by Crippen LogP contribution is 2.21. The Morgan fingerprint density at radius 2 is 1.79 bits per heavy atom. The zero-order chi connectivity index (χ0) is 17.7. The lowest BCUT2D eigenvalue weighted by Gasteiger charge is -2.09. The Bertz CT molecular complexity index is 834. The molecule has 0 amide bonds. The van der Waals surface area contributed by atoms with Crippen LogP contribution in [0.25, 0.3) is 0 Å². The predicted octanol–water partition coefficient (Wildman–Crippen LogP) is 3.74. The number of sulfone groups is 1. The van der Waals surface area contributed by atoms with Gasteiger partial charge in [0.1, 0.15) is 19.0 Å². The SMILES string of the molecule is CS(=O)(=O)c1ccc(Cl)c(C(=O)OCCOc2ccc(Br)cc2)c1. The second kappa shape index (κ2) is 8.00. The molecule has 0 aliphatic heterocycles. The van der Waals surface area contributed by atoms with Crippen molar-refractivity contribution in [2.24, 2.45) is 0 Å². The Kier molecular flexibility index (Phi) is 6.26. The van der Waals surface area contributed by atoms with Crippen LogP contribution in [0, 0.1) is 0 Å². The smallest absolute Gasteiger partial charge is 0.339 e. The highest BCUT2D eigenvalue weighted by molar-refractivity contribution is 9.10. The third kappa shape index (κ3) is 5.22. The van der Waals surface area contributed by atoms with E-state index in [1.54, 1.807) is 12.1 Å². The quantitative estimate of drug-likeness (QED) is 0.513. The molecule has 24 heavy (non-hydrogen) atoms. The largest absolute Gasteiger partial charge is 0.490 e. The van der Waals surface area contributed by atoms with Crippen LogP contribution in [0.1, 0.15) is 10.4 Å². The fraction of sp³-hybridized carbons (Fsp3) is 0.188. The molecule has 128 valence electrons. The van der Waals surface area contributed by atoms with E-state index in [4.69, 9.17) is 21.1 Å². The Balaban J connectivity index is 1.94. The van der Waals surface area contributed by atoms with Crippen LogP contribution in [-0.2, 0) is 14.6 Å². The van der Waals surface area contributed by atoms with Gasteiger partial charge >= 0.3 is 5.97 Å². The third-order valence-electron chi connectivity index (χ3n) is 2.98. The first kappa shape index (κ1) is 18.8. The van der Waals surface area contributed by atoms with E-state index in [1.807, 2.05) is 12.1 Å². The molecule has 0 radical (unpaired) electrons. The van der Waals surface area contributed by atoms with Gasteiger partial charge < -0.3 is 9.47 Å². The first-order valence-corrected chi connectivity index (χ1v) is 9.89. The van der Waals surface area contributed by atoms with Crippen molar-refractivity contribution < 1.29 is 22.7 Å². The first-order valence-electron chi connectivity index (χ1n) is 6.82. The number of carbonyl (C=O) groups is 1. The third-order valence-corrected chi connectivity index (χ3v) is 4.95. The van der Waals surface area contributed by atoms with Crippen molar-refractivity contribution in [2.75, 3.05) is 19.5 Å². The summed E-state index contributed by atoms with van der Waals surface area (Å²) in [6, 6.07) is 11.1. The molecule has 0 aromatic heterocycles. The van der Waals surface area contributed by atoms with E-state index in [-0.39, 0.29) is 28.7 Å². The Hall–Kier alpha value is -1.57. The number of esters is 1. The summed E-state index contributed by atoms with van der Waals surface area (Å²) in [4.78, 5) is 12.0. The Morgan fingerprint density at radius 1 is 1.12 bits per heavy atom. The summed E-state index contributed by atoms with van der Waals surface area (Å²) in [5.74, 6) is -0.0590. The van der Waals surface area contributed by atoms with Gasteiger partial charge in [-0.25, -0.2) is 13.2 Å². The van der Waals surface area contributed by atoms with Gasteiger partial charge in [0.25, 0.3) is 0 Å². The minimum Gasteiger partial charge on any atom is -0.490 e. The maximum absolute atomic E-state index is 12.0. The minimum atomic E-state index is -3.44. The van der Waals surface area contributed by atoms with Crippen molar-refractivity contribution in [3.05, 3.63) is 57.5 Å². The van der Waals surface area contributed by atoms with Crippen LogP contribution in [-0.4, -0.2) is 33.9 Å². The zero-order valence-electron chi connectivity index (χ0n) is 12.7. The van der Waals surface area contributed by atoms with Gasteiger partial charge in [0.05, 0.1) is 15.5 Å². The van der Waals surface area contributed by atoms with Crippen molar-refractivity contribution >= 4 is 43.3 Å². The van der Waals surface area contributed by atoms with E-state index >= 15 is 0 Å². The van der Waals surface area contributed by atoms with Crippen LogP contribution in [0.15, 0.2) is 51.8 Å². The van der Waals surface area contributed by atoms with E-state index < -0.39 is 15.8 Å². The van der Waals surface area contributed by atoms with Crippen molar-refractivity contribution in [2.45, 2.75) is 4.90 Å². The molecule has 0 saturated heterocycles. The molecule has 2 aromatic rings. The maximum atomic E-state index is 12.0. The fourth-order valence-electron chi connectivity index (χ4n) is 1.79. The summed E-state index contributed by atoms with van der Waals surface area (Å²) in [7, 11) is -3.44. The number of halogens is 2. The number of rotatable bonds is 6. The van der Waals surface area contributed by atoms with Crippen molar-refractivity contribution in [1.29, 1.82) is 0 Å². The summed E-state index contributed by atoms with van der Waals surface area (Å²) in [5, 5.41) is 0.126. The highest BCUT2D eigenvalue weighted by atomic mass is 79.9. The Morgan fingerprint density at radius 3 is 2.42 bits per heavy atom. The molecule has 0 spiro atoms. The van der Waals surface area contributed by atoms with E-state index in [0.717, 1.165) is 10.7 Å². The molecule has 0 aliphatic carbocycles. The number of hydrogen-bond donors (Lipinski definition) is 0. The van der Waals surface area contributed by atoms with E-state index in [9.17, 15) is 13.2 Å². The minimum absolute atomic E-state index is 0.00299. The molecule has 0 atom stereocenters. The van der Waals surface area contributed by atoms with Crippen molar-refractivity contribution in [3.8, 4) is 5.75 Å². The van der Waals surface area contributed by atoms with Gasteiger partial charge in [0.2, 0.25) is 0 Å². The molecule has 0 heterocycles. The average Bonchev–Trinajstić information content (AvgIpc) is 2.52. The molecule has 2 aromatic carbocycles. The van der Waals surface area contributed by atoms with Crippen molar-refractivity contribution in [1.82, 2.24) is 0 Å². The van der Waals surface area contributed by atoms with Crippen LogP contribution in [0.4, 0.5) is 0 Å². The number of carbonyl (C=O) groups excluding carboxylic acids is 1. The van der Waals surface area contributed by atoms with Crippen LogP contribution in [0.3, 0.4) is 0 Å². The molecular formula is C16H14BrClO5S. The van der Waals surface area contributed by atoms with E-state index in [1.165, 1.54) is 18.2 Å². The van der Waals surface area contributed by atoms with Crippen molar-refractivity contribution in [3.63, 3.8) is 0 Å². The van der Waals surface area contributed by atoms with Gasteiger partial charge in [-0.2, -0.15) is 0 Å². The number of benzene rings is 2. The molecule has 0 unspecified atom stereocenters. The van der Waals surface area contributed by atoms with Gasteiger partial charge in [0.15, 0.2) is 9.84 Å². The Labute approximate surface area is 153 Å². The van der Waals surface area contributed by atoms with E-state index in [2.05, 4.69) is 15.9 Å². The normalized spacial score (nSPS) is 11.1. The van der Waals surface area contributed by atoms with Crippen LogP contribution < -0.4 is 4.74 Å². The second-order valence-corrected chi connectivity index (χ2v) is 8.19. The van der Waals surface area contributed by atoms with Crippen LogP contribution in [0.5, 0.6) is 5.75 Å². The second-order valence-electron chi connectivity index (χ2n) is 4.85. The van der Waals surface area contributed by atoms with Gasteiger partial charge in [-0.05, 0) is 42.5 Å². The number of ether oxygens (including phenoxy) is 2. The van der Waals surface area contributed by atoms with E-state index in [0.29, 0.717) is 5.75 Å². The average molecular weight is 434 g/mol. The number of hydrogen-bond acceptors (Lipinski definition) is 5. The molecule has 0 bridgehead atoms. The van der Waals surface area contributed by atoms with Gasteiger partial charge in [-0.15, -0.1) is 0 Å². The molecular weight excluding hydrogens is 420 g/mol. The molecule has 0 aliphatic rings. The molecule has 0 saturated carbocycles. The standard InChI is InChI=1S/C16H14BrClO5S/c1-24(20,21)13-6-7-15(18)14(10-13)16(19)23-9-8-22-12-4-2-11(17)3-5-12/h2-7,10H,8-9H2,1H3. The first-order chi connectivity index (χ1) is 11.3. The monoisotopic (exact) mass is 432 g/mol. The summed E-state index contributed by atoms with van der Waals surface area (Å²) >= 11 is 9.25. The fourth-order valence-corrected chi connectivity index (χ4v) is 2.90. The maximum Gasteiger partial charge on any atom is 0.339 e. The lowest BCUT2D eigenvalue weighted by atomic mass is 10.2. The summed E-state index contributed by atoms with van der Waals surface area (Å²) in [6.45, 7) is 0.172. The molecule has 5 nitrogen and oxygen atoms in total. The lowest BCUT2D eigenvalue weighted by Crippen LogP contribution is -2.13. The summed E-state index contributed by atoms with van der Waals surface area (Å²) in [6.07, 6.45) is 1.05.